The van der Waals surface area contributed by atoms with Gasteiger partial charge in [0, 0.05) is 22.6 Å². The lowest BCUT2D eigenvalue weighted by atomic mass is 10.1. The quantitative estimate of drug-likeness (QED) is 0.776. The average molecular weight is 291 g/mol. The molecule has 0 saturated carbocycles. The molecule has 20 heavy (non-hydrogen) atoms. The van der Waals surface area contributed by atoms with Gasteiger partial charge in [0.05, 0.1) is 10.9 Å². The highest BCUT2D eigenvalue weighted by atomic mass is 35.5. The van der Waals surface area contributed by atoms with Crippen LogP contribution in [0.1, 0.15) is 12.1 Å². The fourth-order valence-corrected chi connectivity index (χ4v) is 2.70. The molecule has 0 aliphatic rings. The summed E-state index contributed by atoms with van der Waals surface area (Å²) in [6.45, 7) is 2.97. The summed E-state index contributed by atoms with van der Waals surface area (Å²) in [6.07, 6.45) is 0.740. The minimum atomic E-state index is -0.0468. The van der Waals surface area contributed by atoms with Crippen molar-refractivity contribution in [3.63, 3.8) is 0 Å². The van der Waals surface area contributed by atoms with Crippen LogP contribution in [0.3, 0.4) is 0 Å². The minimum absolute atomic E-state index is 0.0468. The molecule has 2 heterocycles. The number of hydrogen-bond acceptors (Lipinski definition) is 3. The fourth-order valence-electron chi connectivity index (χ4n) is 2.53. The number of pyridine rings is 1. The largest absolute Gasteiger partial charge is 0.330 e. The van der Waals surface area contributed by atoms with Crippen molar-refractivity contribution in [1.29, 1.82) is 0 Å². The molecule has 0 aliphatic carbocycles. The minimum Gasteiger partial charge on any atom is -0.330 e. The molecule has 6 heteroatoms. The van der Waals surface area contributed by atoms with Crippen LogP contribution in [0, 0.1) is 6.92 Å². The predicted molar refractivity (Wildman–Crippen MR) is 81.3 cm³/mol. The van der Waals surface area contributed by atoms with Crippen molar-refractivity contribution in [2.24, 2.45) is 5.73 Å². The summed E-state index contributed by atoms with van der Waals surface area (Å²) in [4.78, 5) is 12.7. The highest BCUT2D eigenvalue weighted by molar-refractivity contribution is 6.31. The molecular formula is C14H15ClN4O. The molecule has 0 unspecified atom stereocenters. The van der Waals surface area contributed by atoms with Crippen LogP contribution >= 0.6 is 11.6 Å². The van der Waals surface area contributed by atoms with Gasteiger partial charge < -0.3 is 10.3 Å². The molecule has 0 spiro atoms. The Labute approximate surface area is 120 Å². The van der Waals surface area contributed by atoms with E-state index in [9.17, 15) is 4.79 Å². The number of halogens is 1. The van der Waals surface area contributed by atoms with Crippen LogP contribution in [-0.4, -0.2) is 21.3 Å². The SMILES string of the molecule is Cc1[nH]nc2c1c(=O)n(CCCN)c1cc(Cl)ccc21. The Kier molecular flexibility index (Phi) is 3.23. The lowest BCUT2D eigenvalue weighted by molar-refractivity contribution is 0.654. The topological polar surface area (TPSA) is 76.7 Å². The van der Waals surface area contributed by atoms with E-state index in [1.807, 2.05) is 19.1 Å². The third-order valence-electron chi connectivity index (χ3n) is 3.50. The van der Waals surface area contributed by atoms with Gasteiger partial charge in [-0.25, -0.2) is 0 Å². The lowest BCUT2D eigenvalue weighted by Crippen LogP contribution is -2.22. The first kappa shape index (κ1) is 13.1. The van der Waals surface area contributed by atoms with Gasteiger partial charge in [0.2, 0.25) is 0 Å². The van der Waals surface area contributed by atoms with Crippen molar-refractivity contribution >= 4 is 33.4 Å². The van der Waals surface area contributed by atoms with Crippen molar-refractivity contribution in [3.8, 4) is 0 Å². The number of benzene rings is 1. The van der Waals surface area contributed by atoms with Gasteiger partial charge in [-0.15, -0.1) is 0 Å². The summed E-state index contributed by atoms with van der Waals surface area (Å²) in [5, 5.41) is 9.30. The summed E-state index contributed by atoms with van der Waals surface area (Å²) in [7, 11) is 0. The maximum absolute atomic E-state index is 12.7. The highest BCUT2D eigenvalue weighted by Gasteiger charge is 2.15. The van der Waals surface area contributed by atoms with E-state index in [0.717, 1.165) is 23.0 Å². The van der Waals surface area contributed by atoms with Crippen LogP contribution in [0.2, 0.25) is 5.02 Å². The first-order valence-corrected chi connectivity index (χ1v) is 6.88. The average Bonchev–Trinajstić information content (AvgIpc) is 2.81. The third-order valence-corrected chi connectivity index (χ3v) is 3.73. The molecule has 0 aliphatic heterocycles. The Morgan fingerprint density at radius 1 is 1.45 bits per heavy atom. The number of nitrogens with two attached hydrogens (primary N) is 1. The number of H-pyrrole nitrogens is 1. The normalized spacial score (nSPS) is 11.6. The van der Waals surface area contributed by atoms with Crippen LogP contribution in [0.25, 0.3) is 21.8 Å². The van der Waals surface area contributed by atoms with Crippen molar-refractivity contribution in [3.05, 3.63) is 39.3 Å². The van der Waals surface area contributed by atoms with Gasteiger partial charge in [0.15, 0.2) is 0 Å². The van der Waals surface area contributed by atoms with E-state index >= 15 is 0 Å². The molecule has 5 nitrogen and oxygen atoms in total. The van der Waals surface area contributed by atoms with Gasteiger partial charge in [-0.1, -0.05) is 11.6 Å². The van der Waals surface area contributed by atoms with Gasteiger partial charge in [-0.2, -0.15) is 5.10 Å². The fraction of sp³-hybridized carbons (Fsp3) is 0.286. The Bertz CT molecular complexity index is 850. The van der Waals surface area contributed by atoms with E-state index in [0.29, 0.717) is 29.0 Å². The van der Waals surface area contributed by atoms with Crippen molar-refractivity contribution < 1.29 is 0 Å². The molecule has 0 radical (unpaired) electrons. The number of rotatable bonds is 3. The van der Waals surface area contributed by atoms with E-state index in [4.69, 9.17) is 17.3 Å². The Balaban J connectivity index is 2.47. The summed E-state index contributed by atoms with van der Waals surface area (Å²) < 4.78 is 1.74. The second kappa shape index (κ2) is 4.92. The number of fused-ring (bicyclic) bond motifs is 3. The maximum atomic E-state index is 12.7. The molecule has 3 N–H and O–H groups in total. The van der Waals surface area contributed by atoms with Crippen molar-refractivity contribution in [2.45, 2.75) is 19.9 Å². The number of aromatic amines is 1. The Morgan fingerprint density at radius 2 is 2.25 bits per heavy atom. The molecule has 2 aromatic heterocycles. The molecule has 0 saturated heterocycles. The smallest absolute Gasteiger partial charge is 0.262 e. The standard InChI is InChI=1S/C14H15ClN4O/c1-8-12-13(18-17-8)10-4-3-9(15)7-11(10)19(14(12)20)6-2-5-16/h3-4,7H,2,5-6,16H2,1H3,(H,17,18). The maximum Gasteiger partial charge on any atom is 0.262 e. The number of aryl methyl sites for hydroxylation is 2. The first-order valence-electron chi connectivity index (χ1n) is 6.50. The Hall–Kier alpha value is -1.85. The lowest BCUT2D eigenvalue weighted by Gasteiger charge is -2.11. The molecule has 3 aromatic rings. The van der Waals surface area contributed by atoms with Crippen molar-refractivity contribution in [2.75, 3.05) is 6.54 Å². The van der Waals surface area contributed by atoms with Crippen LogP contribution in [0.4, 0.5) is 0 Å². The van der Waals surface area contributed by atoms with E-state index in [-0.39, 0.29) is 5.56 Å². The molecular weight excluding hydrogens is 276 g/mol. The van der Waals surface area contributed by atoms with Gasteiger partial charge >= 0.3 is 0 Å². The predicted octanol–water partition coefficient (Wildman–Crippen LogP) is 2.19. The van der Waals surface area contributed by atoms with Gasteiger partial charge in [-0.05, 0) is 38.1 Å². The van der Waals surface area contributed by atoms with E-state index in [2.05, 4.69) is 10.2 Å². The number of hydrogen-bond donors (Lipinski definition) is 2. The van der Waals surface area contributed by atoms with Crippen molar-refractivity contribution in [1.82, 2.24) is 14.8 Å². The molecule has 104 valence electrons. The monoisotopic (exact) mass is 290 g/mol. The Morgan fingerprint density at radius 3 is 3.00 bits per heavy atom. The molecule has 0 fully saturated rings. The summed E-state index contributed by atoms with van der Waals surface area (Å²) in [6, 6.07) is 5.52. The van der Waals surface area contributed by atoms with Gasteiger partial charge in [0.25, 0.3) is 5.56 Å². The highest BCUT2D eigenvalue weighted by Crippen LogP contribution is 2.25. The molecule has 0 atom stereocenters. The zero-order valence-corrected chi connectivity index (χ0v) is 11.9. The molecule has 0 bridgehead atoms. The number of nitrogens with zero attached hydrogens (tertiary/aromatic N) is 2. The summed E-state index contributed by atoms with van der Waals surface area (Å²) >= 11 is 6.07. The van der Waals surface area contributed by atoms with E-state index in [1.165, 1.54) is 0 Å². The second-order valence-electron chi connectivity index (χ2n) is 4.83. The third kappa shape index (κ3) is 1.90. The number of nitrogens with one attached hydrogen (secondary N) is 1. The summed E-state index contributed by atoms with van der Waals surface area (Å²) in [5.41, 5.74) is 7.80. The van der Waals surface area contributed by atoms with E-state index < -0.39 is 0 Å². The zero-order valence-electron chi connectivity index (χ0n) is 11.1. The number of aromatic nitrogens is 3. The van der Waals surface area contributed by atoms with E-state index in [1.54, 1.807) is 10.6 Å². The molecule has 1 aromatic carbocycles. The molecule has 3 rings (SSSR count). The second-order valence-corrected chi connectivity index (χ2v) is 5.27. The van der Waals surface area contributed by atoms with Crippen LogP contribution in [0.5, 0.6) is 0 Å². The first-order chi connectivity index (χ1) is 9.63. The van der Waals surface area contributed by atoms with Crippen LogP contribution in [0.15, 0.2) is 23.0 Å². The van der Waals surface area contributed by atoms with Gasteiger partial charge in [-0.3, -0.25) is 9.89 Å². The zero-order chi connectivity index (χ0) is 14.3. The summed E-state index contributed by atoms with van der Waals surface area (Å²) in [5.74, 6) is 0. The van der Waals surface area contributed by atoms with Crippen LogP contribution in [-0.2, 0) is 6.54 Å². The van der Waals surface area contributed by atoms with Gasteiger partial charge in [0.1, 0.15) is 5.52 Å². The molecule has 0 amide bonds. The van der Waals surface area contributed by atoms with Crippen LogP contribution < -0.4 is 11.3 Å².